The highest BCUT2D eigenvalue weighted by atomic mass is 16.5. The SMILES string of the molecule is COc1c(OCCCCO)ccc2c1CN1C(=N2)NC(=O)C1c1ccccc1. The van der Waals surface area contributed by atoms with Crippen molar-refractivity contribution in [1.82, 2.24) is 10.2 Å². The third-order valence-electron chi connectivity index (χ3n) is 4.95. The summed E-state index contributed by atoms with van der Waals surface area (Å²) in [4.78, 5) is 19.2. The van der Waals surface area contributed by atoms with E-state index < -0.39 is 6.04 Å². The lowest BCUT2D eigenvalue weighted by atomic mass is 10.0. The van der Waals surface area contributed by atoms with Gasteiger partial charge in [-0.3, -0.25) is 10.1 Å². The number of carbonyl (C=O) groups excluding carboxylic acids is 1. The second-order valence-corrected chi connectivity index (χ2v) is 6.74. The number of hydrogen-bond donors (Lipinski definition) is 2. The lowest BCUT2D eigenvalue weighted by Gasteiger charge is -2.29. The van der Waals surface area contributed by atoms with Crippen LogP contribution in [0.2, 0.25) is 0 Å². The van der Waals surface area contributed by atoms with Gasteiger partial charge in [0.2, 0.25) is 5.96 Å². The molecule has 0 saturated carbocycles. The number of ether oxygens (including phenoxy) is 2. The standard InChI is InChI=1S/C21H23N3O4/c1-27-19-15-13-24-18(14-7-3-2-4-8-14)20(26)23-21(24)22-16(15)9-10-17(19)28-12-6-5-11-25/h2-4,7-10,18,25H,5-6,11-13H2,1H3,(H,22,23,26). The van der Waals surface area contributed by atoms with Gasteiger partial charge in [-0.15, -0.1) is 0 Å². The zero-order valence-corrected chi connectivity index (χ0v) is 15.7. The Morgan fingerprint density at radius 2 is 2.04 bits per heavy atom. The molecule has 7 heteroatoms. The molecule has 2 N–H and O–H groups in total. The Balaban J connectivity index is 1.64. The number of amides is 1. The normalized spacial score (nSPS) is 17.5. The van der Waals surface area contributed by atoms with Crippen LogP contribution in [0.3, 0.4) is 0 Å². The molecule has 1 fully saturated rings. The van der Waals surface area contributed by atoms with Crippen LogP contribution in [-0.4, -0.2) is 42.2 Å². The van der Waals surface area contributed by atoms with Gasteiger partial charge in [-0.25, -0.2) is 4.99 Å². The van der Waals surface area contributed by atoms with E-state index in [1.54, 1.807) is 7.11 Å². The number of aliphatic hydroxyl groups is 1. The molecule has 28 heavy (non-hydrogen) atoms. The van der Waals surface area contributed by atoms with E-state index in [9.17, 15) is 4.79 Å². The average Bonchev–Trinajstić information content (AvgIpc) is 3.04. The number of fused-ring (bicyclic) bond motifs is 2. The molecule has 2 heterocycles. The van der Waals surface area contributed by atoms with E-state index in [-0.39, 0.29) is 12.5 Å². The summed E-state index contributed by atoms with van der Waals surface area (Å²) < 4.78 is 11.5. The first-order valence-corrected chi connectivity index (χ1v) is 9.37. The van der Waals surface area contributed by atoms with Gasteiger partial charge >= 0.3 is 0 Å². The molecule has 2 aromatic rings. The van der Waals surface area contributed by atoms with Crippen molar-refractivity contribution in [3.05, 3.63) is 53.6 Å². The van der Waals surface area contributed by atoms with Crippen LogP contribution in [0.1, 0.15) is 30.0 Å². The molecular weight excluding hydrogens is 358 g/mol. The predicted octanol–water partition coefficient (Wildman–Crippen LogP) is 2.52. The number of carbonyl (C=O) groups is 1. The van der Waals surface area contributed by atoms with Crippen LogP contribution in [0.5, 0.6) is 11.5 Å². The Hall–Kier alpha value is -3.06. The van der Waals surface area contributed by atoms with Crippen molar-refractivity contribution < 1.29 is 19.4 Å². The number of aliphatic imine (C=N–C) groups is 1. The van der Waals surface area contributed by atoms with Gasteiger partial charge in [0.05, 0.1) is 25.9 Å². The van der Waals surface area contributed by atoms with Crippen LogP contribution in [0.4, 0.5) is 5.69 Å². The molecule has 1 unspecified atom stereocenters. The highest BCUT2D eigenvalue weighted by molar-refractivity contribution is 6.08. The Bertz CT molecular complexity index is 898. The van der Waals surface area contributed by atoms with Crippen molar-refractivity contribution in [2.45, 2.75) is 25.4 Å². The first kappa shape index (κ1) is 18.3. The van der Waals surface area contributed by atoms with Gasteiger partial charge in [0.15, 0.2) is 11.5 Å². The van der Waals surface area contributed by atoms with Gasteiger partial charge in [-0.2, -0.15) is 0 Å². The van der Waals surface area contributed by atoms with Crippen molar-refractivity contribution in [2.24, 2.45) is 4.99 Å². The number of methoxy groups -OCH3 is 1. The summed E-state index contributed by atoms with van der Waals surface area (Å²) in [6.45, 7) is 1.14. The third-order valence-corrected chi connectivity index (χ3v) is 4.95. The maximum atomic E-state index is 12.6. The van der Waals surface area contributed by atoms with E-state index in [4.69, 9.17) is 14.6 Å². The molecular formula is C21H23N3O4. The Kier molecular flexibility index (Phi) is 5.16. The molecule has 0 spiro atoms. The van der Waals surface area contributed by atoms with Gasteiger partial charge < -0.3 is 19.5 Å². The number of nitrogens with one attached hydrogen (secondary N) is 1. The number of nitrogens with zero attached hydrogens (tertiary/aromatic N) is 2. The summed E-state index contributed by atoms with van der Waals surface area (Å²) in [7, 11) is 1.61. The molecule has 1 saturated heterocycles. The molecule has 2 aliphatic heterocycles. The van der Waals surface area contributed by atoms with Crippen LogP contribution in [-0.2, 0) is 11.3 Å². The van der Waals surface area contributed by atoms with Gasteiger partial charge in [-0.1, -0.05) is 30.3 Å². The summed E-state index contributed by atoms with van der Waals surface area (Å²) in [5.41, 5.74) is 2.58. The molecule has 0 aromatic heterocycles. The molecule has 2 aromatic carbocycles. The number of hydrogen-bond acceptors (Lipinski definition) is 6. The zero-order valence-electron chi connectivity index (χ0n) is 15.7. The fourth-order valence-electron chi connectivity index (χ4n) is 3.61. The van der Waals surface area contributed by atoms with E-state index in [2.05, 4.69) is 10.3 Å². The number of rotatable bonds is 7. The molecule has 2 aliphatic rings. The molecule has 4 rings (SSSR count). The highest BCUT2D eigenvalue weighted by Crippen LogP contribution is 2.43. The van der Waals surface area contributed by atoms with E-state index in [1.807, 2.05) is 47.4 Å². The van der Waals surface area contributed by atoms with Gasteiger partial charge in [0.25, 0.3) is 5.91 Å². The fourth-order valence-corrected chi connectivity index (χ4v) is 3.61. The minimum absolute atomic E-state index is 0.0859. The van der Waals surface area contributed by atoms with Crippen LogP contribution < -0.4 is 14.8 Å². The first-order chi connectivity index (χ1) is 13.7. The molecule has 7 nitrogen and oxygen atoms in total. The van der Waals surface area contributed by atoms with Gasteiger partial charge in [0, 0.05) is 12.2 Å². The molecule has 0 aliphatic carbocycles. The minimum atomic E-state index is -0.424. The average molecular weight is 381 g/mol. The first-order valence-electron chi connectivity index (χ1n) is 9.37. The summed E-state index contributed by atoms with van der Waals surface area (Å²) in [5, 5.41) is 11.8. The third kappa shape index (κ3) is 3.29. The lowest BCUT2D eigenvalue weighted by molar-refractivity contribution is -0.121. The van der Waals surface area contributed by atoms with E-state index >= 15 is 0 Å². The summed E-state index contributed by atoms with van der Waals surface area (Å²) in [5.74, 6) is 1.75. The van der Waals surface area contributed by atoms with E-state index in [0.29, 0.717) is 37.0 Å². The number of aliphatic hydroxyl groups excluding tert-OH is 1. The summed E-state index contributed by atoms with van der Waals surface area (Å²) in [6.07, 6.45) is 1.46. The van der Waals surface area contributed by atoms with Crippen LogP contribution in [0.25, 0.3) is 0 Å². The van der Waals surface area contributed by atoms with Gasteiger partial charge in [-0.05, 0) is 30.5 Å². The highest BCUT2D eigenvalue weighted by Gasteiger charge is 2.41. The molecule has 0 bridgehead atoms. The minimum Gasteiger partial charge on any atom is -0.492 e. The van der Waals surface area contributed by atoms with Crippen molar-refractivity contribution in [3.8, 4) is 11.5 Å². The second-order valence-electron chi connectivity index (χ2n) is 6.74. The van der Waals surface area contributed by atoms with Gasteiger partial charge in [0.1, 0.15) is 6.04 Å². The Labute approximate surface area is 163 Å². The number of benzene rings is 2. The summed E-state index contributed by atoms with van der Waals surface area (Å²) in [6, 6.07) is 13.0. The largest absolute Gasteiger partial charge is 0.492 e. The Morgan fingerprint density at radius 3 is 2.79 bits per heavy atom. The van der Waals surface area contributed by atoms with E-state index in [0.717, 1.165) is 23.2 Å². The molecule has 1 amide bonds. The summed E-state index contributed by atoms with van der Waals surface area (Å²) >= 11 is 0. The van der Waals surface area contributed by atoms with Crippen LogP contribution in [0.15, 0.2) is 47.5 Å². The van der Waals surface area contributed by atoms with Crippen LogP contribution in [0, 0.1) is 0 Å². The fraction of sp³-hybridized carbons (Fsp3) is 0.333. The number of guanidine groups is 1. The van der Waals surface area contributed by atoms with Crippen molar-refractivity contribution in [1.29, 1.82) is 0 Å². The van der Waals surface area contributed by atoms with Crippen molar-refractivity contribution >= 4 is 17.6 Å². The smallest absolute Gasteiger partial charge is 0.254 e. The van der Waals surface area contributed by atoms with E-state index in [1.165, 1.54) is 0 Å². The lowest BCUT2D eigenvalue weighted by Crippen LogP contribution is -2.33. The number of unbranched alkanes of at least 4 members (excludes halogenated alkanes) is 1. The second kappa shape index (κ2) is 7.90. The maximum Gasteiger partial charge on any atom is 0.254 e. The van der Waals surface area contributed by atoms with Crippen molar-refractivity contribution in [2.75, 3.05) is 20.3 Å². The topological polar surface area (TPSA) is 83.4 Å². The molecule has 0 radical (unpaired) electrons. The van der Waals surface area contributed by atoms with Crippen LogP contribution >= 0.6 is 0 Å². The predicted molar refractivity (Wildman–Crippen MR) is 105 cm³/mol. The Morgan fingerprint density at radius 1 is 1.21 bits per heavy atom. The maximum absolute atomic E-state index is 12.6. The molecule has 146 valence electrons. The quantitative estimate of drug-likeness (QED) is 0.720. The monoisotopic (exact) mass is 381 g/mol. The zero-order chi connectivity index (χ0) is 19.5. The molecule has 1 atom stereocenters. The van der Waals surface area contributed by atoms with Crippen molar-refractivity contribution in [3.63, 3.8) is 0 Å².